The molecule has 0 aliphatic carbocycles. The number of ether oxygens (including phenoxy) is 3. The van der Waals surface area contributed by atoms with Crippen LogP contribution in [0.5, 0.6) is 17.2 Å². The summed E-state index contributed by atoms with van der Waals surface area (Å²) in [5.74, 6) is 2.18. The molecule has 1 aromatic heterocycles. The molecule has 0 fully saturated rings. The Morgan fingerprint density at radius 3 is 2.47 bits per heavy atom. The van der Waals surface area contributed by atoms with Crippen molar-refractivity contribution in [2.75, 3.05) is 25.6 Å². The number of anilines is 1. The minimum atomic E-state index is -0.584. The molecule has 8 nitrogen and oxygen atoms in total. The van der Waals surface area contributed by atoms with Crippen molar-refractivity contribution < 1.29 is 23.5 Å². The van der Waals surface area contributed by atoms with Gasteiger partial charge in [0.1, 0.15) is 23.2 Å². The summed E-state index contributed by atoms with van der Waals surface area (Å²) in [6.45, 7) is 6.73. The summed E-state index contributed by atoms with van der Waals surface area (Å²) in [5, 5.41) is 15.6. The van der Waals surface area contributed by atoms with Crippen molar-refractivity contribution in [3.63, 3.8) is 0 Å². The summed E-state index contributed by atoms with van der Waals surface area (Å²) >= 11 is 0. The number of aromatic nitrogens is 1. The number of benzene rings is 2. The van der Waals surface area contributed by atoms with E-state index in [2.05, 4.69) is 10.5 Å². The van der Waals surface area contributed by atoms with Gasteiger partial charge in [0.25, 0.3) is 5.91 Å². The molecule has 2 aromatic carbocycles. The lowest BCUT2D eigenvalue weighted by Crippen LogP contribution is -2.13. The Morgan fingerprint density at radius 2 is 1.82 bits per heavy atom. The van der Waals surface area contributed by atoms with E-state index in [1.165, 1.54) is 13.2 Å². The second kappa shape index (κ2) is 11.6. The van der Waals surface area contributed by atoms with Crippen LogP contribution in [-0.4, -0.2) is 31.4 Å². The summed E-state index contributed by atoms with van der Waals surface area (Å²) in [7, 11) is 1.53. The van der Waals surface area contributed by atoms with Crippen LogP contribution in [0, 0.1) is 32.1 Å². The van der Waals surface area contributed by atoms with Gasteiger partial charge in [0.2, 0.25) is 0 Å². The van der Waals surface area contributed by atoms with E-state index in [9.17, 15) is 10.1 Å². The van der Waals surface area contributed by atoms with Gasteiger partial charge in [0.15, 0.2) is 17.3 Å². The number of hydrogen-bond acceptors (Lipinski definition) is 7. The van der Waals surface area contributed by atoms with E-state index in [1.54, 1.807) is 31.2 Å². The maximum Gasteiger partial charge on any atom is 0.267 e. The number of carbonyl (C=O) groups excluding carboxylic acids is 1. The summed E-state index contributed by atoms with van der Waals surface area (Å²) in [6.07, 6.45) is 2.16. The molecule has 0 aliphatic heterocycles. The molecule has 1 heterocycles. The van der Waals surface area contributed by atoms with Crippen molar-refractivity contribution >= 4 is 17.8 Å². The number of methoxy groups -OCH3 is 1. The van der Waals surface area contributed by atoms with E-state index in [4.69, 9.17) is 18.7 Å². The van der Waals surface area contributed by atoms with Crippen LogP contribution in [0.1, 0.15) is 28.9 Å². The van der Waals surface area contributed by atoms with Crippen molar-refractivity contribution in [3.8, 4) is 23.3 Å². The highest BCUT2D eigenvalue weighted by Gasteiger charge is 2.13. The predicted molar refractivity (Wildman–Crippen MR) is 128 cm³/mol. The van der Waals surface area contributed by atoms with Crippen LogP contribution in [0.25, 0.3) is 6.08 Å². The second-order valence-corrected chi connectivity index (χ2v) is 7.63. The van der Waals surface area contributed by atoms with Crippen LogP contribution in [0.15, 0.2) is 52.6 Å². The number of carbonyl (C=O) groups is 1. The summed E-state index contributed by atoms with van der Waals surface area (Å²) in [5.41, 5.74) is 2.74. The van der Waals surface area contributed by atoms with Gasteiger partial charge in [0, 0.05) is 12.5 Å². The lowest BCUT2D eigenvalue weighted by atomic mass is 10.1. The SMILES string of the molecule is COc1cc(/C=C(/C#N)C(=O)Nc2cc(C)on2)ccc1OCCCOc1c(C)cccc1C. The quantitative estimate of drug-likeness (QED) is 0.257. The molecule has 0 unspecified atom stereocenters. The highest BCUT2D eigenvalue weighted by atomic mass is 16.5. The molecule has 8 heteroatoms. The first-order chi connectivity index (χ1) is 16.4. The second-order valence-electron chi connectivity index (χ2n) is 7.63. The van der Waals surface area contributed by atoms with Crippen molar-refractivity contribution in [2.45, 2.75) is 27.2 Å². The van der Waals surface area contributed by atoms with Crippen LogP contribution in [0.3, 0.4) is 0 Å². The Balaban J connectivity index is 1.58. The Morgan fingerprint density at radius 1 is 1.09 bits per heavy atom. The van der Waals surface area contributed by atoms with Gasteiger partial charge in [0.05, 0.1) is 20.3 Å². The first-order valence-electron chi connectivity index (χ1n) is 10.8. The lowest BCUT2D eigenvalue weighted by molar-refractivity contribution is -0.112. The van der Waals surface area contributed by atoms with Crippen molar-refractivity contribution in [3.05, 3.63) is 70.5 Å². The standard InChI is InChI=1S/C26H27N3O5/c1-17-7-5-8-18(2)25(17)33-12-6-11-32-22-10-9-20(15-23(22)31-4)14-21(16-27)26(30)28-24-13-19(3)34-29-24/h5,7-10,13-15H,6,11-12H2,1-4H3,(H,28,29,30)/b21-14-. The molecule has 0 aliphatic rings. The summed E-state index contributed by atoms with van der Waals surface area (Å²) in [6, 6.07) is 14.7. The van der Waals surface area contributed by atoms with E-state index in [0.717, 1.165) is 16.9 Å². The third-order valence-electron chi connectivity index (χ3n) is 4.93. The van der Waals surface area contributed by atoms with Gasteiger partial charge < -0.3 is 24.1 Å². The third-order valence-corrected chi connectivity index (χ3v) is 4.93. The Bertz CT molecular complexity index is 1200. The van der Waals surface area contributed by atoms with Crippen molar-refractivity contribution in [1.82, 2.24) is 5.16 Å². The molecule has 1 N–H and O–H groups in total. The van der Waals surface area contributed by atoms with Crippen LogP contribution >= 0.6 is 0 Å². The molecular formula is C26H27N3O5. The Hall–Kier alpha value is -4.25. The van der Waals surface area contributed by atoms with Gasteiger partial charge in [-0.25, -0.2) is 0 Å². The predicted octanol–water partition coefficient (Wildman–Crippen LogP) is 5.00. The normalized spacial score (nSPS) is 11.0. The van der Waals surface area contributed by atoms with Gasteiger partial charge in [-0.2, -0.15) is 5.26 Å². The molecule has 3 aromatic rings. The fourth-order valence-corrected chi connectivity index (χ4v) is 3.26. The van der Waals surface area contributed by atoms with Gasteiger partial charge in [-0.05, 0) is 55.7 Å². The highest BCUT2D eigenvalue weighted by Crippen LogP contribution is 2.29. The van der Waals surface area contributed by atoms with Crippen LogP contribution < -0.4 is 19.5 Å². The molecule has 0 bridgehead atoms. The maximum absolute atomic E-state index is 12.4. The molecule has 176 valence electrons. The first kappa shape index (κ1) is 24.4. The van der Waals surface area contributed by atoms with E-state index in [-0.39, 0.29) is 11.4 Å². The molecule has 0 saturated carbocycles. The number of nitrogens with zero attached hydrogens (tertiary/aromatic N) is 2. The average Bonchev–Trinajstić information content (AvgIpc) is 3.23. The molecule has 0 saturated heterocycles. The molecule has 0 spiro atoms. The first-order valence-corrected chi connectivity index (χ1v) is 10.8. The van der Waals surface area contributed by atoms with Crippen LogP contribution in [0.2, 0.25) is 0 Å². The molecular weight excluding hydrogens is 434 g/mol. The van der Waals surface area contributed by atoms with Gasteiger partial charge in [-0.3, -0.25) is 4.79 Å². The fraction of sp³-hybridized carbons (Fsp3) is 0.269. The molecule has 0 radical (unpaired) electrons. The summed E-state index contributed by atoms with van der Waals surface area (Å²) in [4.78, 5) is 12.4. The zero-order valence-electron chi connectivity index (χ0n) is 19.7. The lowest BCUT2D eigenvalue weighted by Gasteiger charge is -2.13. The number of rotatable bonds is 10. The van der Waals surface area contributed by atoms with Crippen LogP contribution in [0.4, 0.5) is 5.82 Å². The van der Waals surface area contributed by atoms with E-state index in [1.807, 2.05) is 38.1 Å². The highest BCUT2D eigenvalue weighted by molar-refractivity contribution is 6.09. The zero-order chi connectivity index (χ0) is 24.5. The number of hydrogen-bond donors (Lipinski definition) is 1. The number of nitrogens with one attached hydrogen (secondary N) is 1. The molecule has 1 amide bonds. The number of nitriles is 1. The smallest absolute Gasteiger partial charge is 0.267 e. The van der Waals surface area contributed by atoms with Crippen molar-refractivity contribution in [2.24, 2.45) is 0 Å². The number of para-hydroxylation sites is 1. The van der Waals surface area contributed by atoms with Crippen molar-refractivity contribution in [1.29, 1.82) is 5.26 Å². The molecule has 0 atom stereocenters. The van der Waals surface area contributed by atoms with E-state index >= 15 is 0 Å². The van der Waals surface area contributed by atoms with Gasteiger partial charge in [-0.15, -0.1) is 0 Å². The minimum Gasteiger partial charge on any atom is -0.493 e. The minimum absolute atomic E-state index is 0.0833. The Labute approximate surface area is 198 Å². The van der Waals surface area contributed by atoms with Crippen LogP contribution in [-0.2, 0) is 4.79 Å². The number of amides is 1. The van der Waals surface area contributed by atoms with Gasteiger partial charge >= 0.3 is 0 Å². The largest absolute Gasteiger partial charge is 0.493 e. The summed E-state index contributed by atoms with van der Waals surface area (Å²) < 4.78 is 22.1. The van der Waals surface area contributed by atoms with E-state index in [0.29, 0.717) is 42.5 Å². The molecule has 3 rings (SSSR count). The third kappa shape index (κ3) is 6.39. The molecule has 34 heavy (non-hydrogen) atoms. The Kier molecular flexibility index (Phi) is 8.30. The monoisotopic (exact) mass is 461 g/mol. The fourth-order valence-electron chi connectivity index (χ4n) is 3.26. The average molecular weight is 462 g/mol. The maximum atomic E-state index is 12.4. The van der Waals surface area contributed by atoms with E-state index < -0.39 is 5.91 Å². The topological polar surface area (TPSA) is 107 Å². The zero-order valence-corrected chi connectivity index (χ0v) is 19.7. The van der Waals surface area contributed by atoms with Gasteiger partial charge in [-0.1, -0.05) is 29.4 Å². The number of aryl methyl sites for hydroxylation is 3.